The Hall–Kier alpha value is -2.08. The van der Waals surface area contributed by atoms with Gasteiger partial charge in [0.2, 0.25) is 0 Å². The van der Waals surface area contributed by atoms with E-state index in [9.17, 15) is 4.79 Å². The zero-order valence-electron chi connectivity index (χ0n) is 12.6. The molecule has 5 nitrogen and oxygen atoms in total. The molecule has 0 fully saturated rings. The molecule has 114 valence electrons. The molecule has 0 saturated heterocycles. The summed E-state index contributed by atoms with van der Waals surface area (Å²) in [5.41, 5.74) is 8.01. The summed E-state index contributed by atoms with van der Waals surface area (Å²) in [6.07, 6.45) is 0. The molecule has 0 radical (unpaired) electrons. The lowest BCUT2D eigenvalue weighted by atomic mass is 10.1. The molecule has 0 heterocycles. The Kier molecular flexibility index (Phi) is 6.68. The lowest BCUT2D eigenvalue weighted by molar-refractivity contribution is -0.123. The highest BCUT2D eigenvalue weighted by molar-refractivity contribution is 7.80. The fourth-order valence-corrected chi connectivity index (χ4v) is 1.73. The molecule has 6 heteroatoms. The summed E-state index contributed by atoms with van der Waals surface area (Å²) in [6, 6.07) is 5.83. The van der Waals surface area contributed by atoms with Gasteiger partial charge in [0.1, 0.15) is 5.75 Å². The Labute approximate surface area is 130 Å². The molecule has 21 heavy (non-hydrogen) atoms. The standard InChI is InChI=1S/C15H21N3O2S/c1-10(2)8-16-15(21)18-17-13(19)9-20-14-11(3)6-5-7-12(14)4/h5-7H,1,8-9H2,2-4H3,(H,17,19)(H2,16,18,21). The molecule has 0 atom stereocenters. The molecule has 1 aromatic rings. The molecule has 1 rings (SSSR count). The summed E-state index contributed by atoms with van der Waals surface area (Å²) in [5.74, 6) is 0.424. The second kappa shape index (κ2) is 8.26. The second-order valence-electron chi connectivity index (χ2n) is 4.82. The number of benzene rings is 1. The molecule has 0 aliphatic heterocycles. The van der Waals surface area contributed by atoms with E-state index >= 15 is 0 Å². The number of nitrogens with one attached hydrogen (secondary N) is 3. The van der Waals surface area contributed by atoms with E-state index in [4.69, 9.17) is 17.0 Å². The molecular weight excluding hydrogens is 286 g/mol. The van der Waals surface area contributed by atoms with Crippen LogP contribution >= 0.6 is 12.2 Å². The Morgan fingerprint density at radius 3 is 2.48 bits per heavy atom. The summed E-state index contributed by atoms with van der Waals surface area (Å²) in [6.45, 7) is 9.98. The first-order valence-electron chi connectivity index (χ1n) is 6.56. The molecule has 0 aliphatic carbocycles. The number of thiocarbonyl (C=S) groups is 1. The predicted molar refractivity (Wildman–Crippen MR) is 88.1 cm³/mol. The van der Waals surface area contributed by atoms with Crippen molar-refractivity contribution in [2.45, 2.75) is 20.8 Å². The third kappa shape index (κ3) is 6.27. The minimum Gasteiger partial charge on any atom is -0.483 e. The monoisotopic (exact) mass is 307 g/mol. The van der Waals surface area contributed by atoms with Crippen molar-refractivity contribution in [2.24, 2.45) is 0 Å². The Balaban J connectivity index is 2.35. The molecule has 0 saturated carbocycles. The van der Waals surface area contributed by atoms with E-state index in [1.165, 1.54) is 0 Å². The Morgan fingerprint density at radius 2 is 1.90 bits per heavy atom. The molecule has 0 spiro atoms. The zero-order chi connectivity index (χ0) is 15.8. The van der Waals surface area contributed by atoms with E-state index in [1.807, 2.05) is 39.0 Å². The van der Waals surface area contributed by atoms with E-state index in [-0.39, 0.29) is 12.5 Å². The van der Waals surface area contributed by atoms with Crippen molar-refractivity contribution >= 4 is 23.2 Å². The van der Waals surface area contributed by atoms with Gasteiger partial charge in [-0.1, -0.05) is 30.4 Å². The van der Waals surface area contributed by atoms with E-state index in [0.717, 1.165) is 22.4 Å². The van der Waals surface area contributed by atoms with Crippen LogP contribution in [0.15, 0.2) is 30.4 Å². The van der Waals surface area contributed by atoms with Crippen molar-refractivity contribution in [1.29, 1.82) is 0 Å². The number of aryl methyl sites for hydroxylation is 2. The smallest absolute Gasteiger partial charge is 0.276 e. The first-order chi connectivity index (χ1) is 9.90. The van der Waals surface area contributed by atoms with Crippen LogP contribution in [0.3, 0.4) is 0 Å². The van der Waals surface area contributed by atoms with Crippen LogP contribution in [0.5, 0.6) is 5.75 Å². The zero-order valence-corrected chi connectivity index (χ0v) is 13.4. The van der Waals surface area contributed by atoms with Crippen molar-refractivity contribution in [1.82, 2.24) is 16.2 Å². The minimum absolute atomic E-state index is 0.0816. The number of rotatable bonds is 5. The molecule has 0 unspecified atom stereocenters. The van der Waals surface area contributed by atoms with Crippen molar-refractivity contribution in [3.63, 3.8) is 0 Å². The number of ether oxygens (including phenoxy) is 1. The molecule has 0 bridgehead atoms. The first kappa shape index (κ1) is 17.0. The van der Waals surface area contributed by atoms with Gasteiger partial charge in [-0.25, -0.2) is 0 Å². The van der Waals surface area contributed by atoms with Crippen molar-refractivity contribution in [3.05, 3.63) is 41.5 Å². The third-order valence-corrected chi connectivity index (χ3v) is 2.87. The normalized spacial score (nSPS) is 9.67. The van der Waals surface area contributed by atoms with Gasteiger partial charge in [-0.15, -0.1) is 0 Å². The maximum Gasteiger partial charge on any atom is 0.276 e. The lowest BCUT2D eigenvalue weighted by Gasteiger charge is -2.13. The fraction of sp³-hybridized carbons (Fsp3) is 0.333. The van der Waals surface area contributed by atoms with Crippen LogP contribution in [0.25, 0.3) is 0 Å². The highest BCUT2D eigenvalue weighted by Crippen LogP contribution is 2.21. The summed E-state index contributed by atoms with van der Waals surface area (Å²) < 4.78 is 5.53. The van der Waals surface area contributed by atoms with Gasteiger partial charge in [0, 0.05) is 6.54 Å². The number of hydrogen-bond donors (Lipinski definition) is 3. The Bertz CT molecular complexity index is 523. The summed E-state index contributed by atoms with van der Waals surface area (Å²) >= 11 is 4.99. The number of hydrogen-bond acceptors (Lipinski definition) is 3. The van der Waals surface area contributed by atoms with Gasteiger partial charge >= 0.3 is 0 Å². The lowest BCUT2D eigenvalue weighted by Crippen LogP contribution is -2.48. The van der Waals surface area contributed by atoms with E-state index < -0.39 is 0 Å². The van der Waals surface area contributed by atoms with Gasteiger partial charge in [0.15, 0.2) is 11.7 Å². The van der Waals surface area contributed by atoms with Crippen LogP contribution in [-0.2, 0) is 4.79 Å². The number of hydrazine groups is 1. The van der Waals surface area contributed by atoms with Gasteiger partial charge in [-0.3, -0.25) is 15.6 Å². The van der Waals surface area contributed by atoms with Gasteiger partial charge in [-0.2, -0.15) is 0 Å². The molecule has 1 aromatic carbocycles. The SMILES string of the molecule is C=C(C)CNC(=S)NNC(=O)COc1c(C)cccc1C. The predicted octanol–water partition coefficient (Wildman–Crippen LogP) is 1.75. The number of amides is 1. The number of carbonyl (C=O) groups is 1. The summed E-state index contributed by atoms with van der Waals surface area (Å²) in [7, 11) is 0. The van der Waals surface area contributed by atoms with Crippen LogP contribution in [-0.4, -0.2) is 24.2 Å². The van der Waals surface area contributed by atoms with Crippen LogP contribution in [0.4, 0.5) is 0 Å². The largest absolute Gasteiger partial charge is 0.483 e. The summed E-state index contributed by atoms with van der Waals surface area (Å²) in [5, 5.41) is 3.23. The third-order valence-electron chi connectivity index (χ3n) is 2.62. The maximum absolute atomic E-state index is 11.7. The first-order valence-corrected chi connectivity index (χ1v) is 6.97. The maximum atomic E-state index is 11.7. The van der Waals surface area contributed by atoms with Crippen LogP contribution in [0.2, 0.25) is 0 Å². The molecule has 0 aromatic heterocycles. The highest BCUT2D eigenvalue weighted by atomic mass is 32.1. The van der Waals surface area contributed by atoms with Gasteiger partial charge in [0.05, 0.1) is 0 Å². The van der Waals surface area contributed by atoms with Crippen molar-refractivity contribution in [2.75, 3.05) is 13.2 Å². The van der Waals surface area contributed by atoms with Crippen LogP contribution < -0.4 is 20.9 Å². The minimum atomic E-state index is -0.308. The number of para-hydroxylation sites is 1. The molecular formula is C15H21N3O2S. The van der Waals surface area contributed by atoms with Gasteiger partial charge in [0.25, 0.3) is 5.91 Å². The van der Waals surface area contributed by atoms with Crippen molar-refractivity contribution in [3.8, 4) is 5.75 Å². The quantitative estimate of drug-likeness (QED) is 0.439. The Morgan fingerprint density at radius 1 is 1.29 bits per heavy atom. The van der Waals surface area contributed by atoms with E-state index in [0.29, 0.717) is 11.7 Å². The average Bonchev–Trinajstić information content (AvgIpc) is 2.42. The van der Waals surface area contributed by atoms with E-state index in [2.05, 4.69) is 22.7 Å². The van der Waals surface area contributed by atoms with Crippen LogP contribution in [0.1, 0.15) is 18.1 Å². The highest BCUT2D eigenvalue weighted by Gasteiger charge is 2.07. The van der Waals surface area contributed by atoms with E-state index in [1.54, 1.807) is 0 Å². The van der Waals surface area contributed by atoms with Gasteiger partial charge < -0.3 is 10.1 Å². The topological polar surface area (TPSA) is 62.4 Å². The average molecular weight is 307 g/mol. The molecule has 1 amide bonds. The molecule has 3 N–H and O–H groups in total. The van der Waals surface area contributed by atoms with Crippen molar-refractivity contribution < 1.29 is 9.53 Å². The number of carbonyl (C=O) groups excluding carboxylic acids is 1. The van der Waals surface area contributed by atoms with Crippen LogP contribution in [0, 0.1) is 13.8 Å². The summed E-state index contributed by atoms with van der Waals surface area (Å²) in [4.78, 5) is 11.7. The fourth-order valence-electron chi connectivity index (χ4n) is 1.60. The second-order valence-corrected chi connectivity index (χ2v) is 5.23. The van der Waals surface area contributed by atoms with Gasteiger partial charge in [-0.05, 0) is 44.1 Å². The molecule has 0 aliphatic rings.